The molecule has 27 heavy (non-hydrogen) atoms. The first kappa shape index (κ1) is 18.1. The zero-order chi connectivity index (χ0) is 19.2. The van der Waals surface area contributed by atoms with Crippen molar-refractivity contribution in [3.05, 3.63) is 102 Å². The highest BCUT2D eigenvalue weighted by molar-refractivity contribution is 6.12. The molecule has 0 unspecified atom stereocenters. The fourth-order valence-corrected chi connectivity index (χ4v) is 2.50. The van der Waals surface area contributed by atoms with Gasteiger partial charge in [0.15, 0.2) is 0 Å². The zero-order valence-corrected chi connectivity index (χ0v) is 14.6. The second-order valence-electron chi connectivity index (χ2n) is 5.95. The Morgan fingerprint density at radius 3 is 2.63 bits per heavy atom. The van der Waals surface area contributed by atoms with E-state index in [0.29, 0.717) is 16.9 Å². The molecule has 3 aromatic rings. The van der Waals surface area contributed by atoms with Gasteiger partial charge in [0.05, 0.1) is 5.71 Å². The highest BCUT2D eigenvalue weighted by Gasteiger charge is 2.07. The van der Waals surface area contributed by atoms with Crippen LogP contribution in [0.2, 0.25) is 0 Å². The quantitative estimate of drug-likeness (QED) is 0.430. The molecule has 0 fully saturated rings. The number of anilines is 2. The molecule has 0 amide bonds. The Kier molecular flexibility index (Phi) is 5.42. The van der Waals surface area contributed by atoms with Crippen LogP contribution in [0.1, 0.15) is 16.7 Å². The minimum atomic E-state index is -0.293. The molecule has 0 saturated heterocycles. The van der Waals surface area contributed by atoms with Gasteiger partial charge in [-0.2, -0.15) is 0 Å². The first-order valence-corrected chi connectivity index (χ1v) is 8.31. The minimum Gasteiger partial charge on any atom is -0.398 e. The van der Waals surface area contributed by atoms with Gasteiger partial charge >= 0.3 is 0 Å². The number of nitrogens with two attached hydrogens (primary N) is 1. The third-order valence-electron chi connectivity index (χ3n) is 3.96. The fraction of sp³-hybridized carbons (Fsp3) is 0. The molecule has 0 atom stereocenters. The summed E-state index contributed by atoms with van der Waals surface area (Å²) in [6.07, 6.45) is 6.81. The standard InChI is InChI=1S/C22H19FN4/c1-15(17-3-2-12-26-14-17)27-19-9-11-22(25)20(13-19)21(24)10-6-16-4-7-18(23)8-5-16/h2-14,24,27H,1,25H2/b10-6+,24-21?. The van der Waals surface area contributed by atoms with E-state index in [9.17, 15) is 4.39 Å². The molecule has 0 aliphatic carbocycles. The van der Waals surface area contributed by atoms with E-state index in [0.717, 1.165) is 16.8 Å². The van der Waals surface area contributed by atoms with Crippen LogP contribution in [0.25, 0.3) is 11.8 Å². The van der Waals surface area contributed by atoms with Gasteiger partial charge in [0.25, 0.3) is 0 Å². The Hall–Kier alpha value is -3.73. The van der Waals surface area contributed by atoms with Gasteiger partial charge in [-0.25, -0.2) is 4.39 Å². The molecule has 0 aliphatic heterocycles. The molecular weight excluding hydrogens is 339 g/mol. The minimum absolute atomic E-state index is 0.257. The number of pyridine rings is 1. The number of aromatic nitrogens is 1. The van der Waals surface area contributed by atoms with Crippen LogP contribution in [-0.4, -0.2) is 10.7 Å². The van der Waals surface area contributed by atoms with E-state index in [1.54, 1.807) is 48.8 Å². The summed E-state index contributed by atoms with van der Waals surface area (Å²) in [6, 6.07) is 15.2. The van der Waals surface area contributed by atoms with Crippen LogP contribution in [0.3, 0.4) is 0 Å². The first-order valence-electron chi connectivity index (χ1n) is 8.31. The molecule has 0 aliphatic rings. The number of allylic oxidation sites excluding steroid dienone is 1. The molecule has 3 rings (SSSR count). The van der Waals surface area contributed by atoms with Crippen molar-refractivity contribution < 1.29 is 4.39 Å². The van der Waals surface area contributed by atoms with Crippen LogP contribution >= 0.6 is 0 Å². The van der Waals surface area contributed by atoms with E-state index in [1.807, 2.05) is 18.2 Å². The highest BCUT2D eigenvalue weighted by Crippen LogP contribution is 2.22. The molecule has 1 aromatic heterocycles. The van der Waals surface area contributed by atoms with Gasteiger partial charge < -0.3 is 16.5 Å². The Balaban J connectivity index is 1.77. The van der Waals surface area contributed by atoms with Gasteiger partial charge in [-0.05, 0) is 54.1 Å². The van der Waals surface area contributed by atoms with Crippen molar-refractivity contribution in [2.45, 2.75) is 0 Å². The highest BCUT2D eigenvalue weighted by atomic mass is 19.1. The monoisotopic (exact) mass is 358 g/mol. The molecule has 134 valence electrons. The Morgan fingerprint density at radius 1 is 1.15 bits per heavy atom. The van der Waals surface area contributed by atoms with Gasteiger partial charge in [0.1, 0.15) is 5.82 Å². The Bertz CT molecular complexity index is 993. The maximum atomic E-state index is 13.0. The number of nitrogens with zero attached hydrogens (tertiary/aromatic N) is 1. The van der Waals surface area contributed by atoms with Crippen LogP contribution in [0.5, 0.6) is 0 Å². The van der Waals surface area contributed by atoms with E-state index in [2.05, 4.69) is 16.9 Å². The van der Waals surface area contributed by atoms with Crippen molar-refractivity contribution in [1.29, 1.82) is 5.41 Å². The summed E-state index contributed by atoms with van der Waals surface area (Å²) >= 11 is 0. The lowest BCUT2D eigenvalue weighted by atomic mass is 10.0. The number of nitrogen functional groups attached to an aromatic ring is 1. The summed E-state index contributed by atoms with van der Waals surface area (Å²) < 4.78 is 13.0. The molecule has 4 N–H and O–H groups in total. The van der Waals surface area contributed by atoms with Gasteiger partial charge in [-0.15, -0.1) is 0 Å². The summed E-state index contributed by atoms with van der Waals surface area (Å²) in [4.78, 5) is 4.08. The number of hydrogen-bond donors (Lipinski definition) is 3. The average molecular weight is 358 g/mol. The SMILES string of the molecule is C=C(Nc1ccc(N)c(C(=N)/C=C/c2ccc(F)cc2)c1)c1cccnc1. The van der Waals surface area contributed by atoms with Gasteiger partial charge in [0.2, 0.25) is 0 Å². The second kappa shape index (κ2) is 8.10. The van der Waals surface area contributed by atoms with E-state index >= 15 is 0 Å². The number of benzene rings is 2. The van der Waals surface area contributed by atoms with Gasteiger partial charge in [-0.1, -0.05) is 24.8 Å². The van der Waals surface area contributed by atoms with Gasteiger partial charge in [0, 0.05) is 40.6 Å². The maximum absolute atomic E-state index is 13.0. The van der Waals surface area contributed by atoms with Crippen molar-refractivity contribution >= 4 is 28.9 Å². The van der Waals surface area contributed by atoms with Crippen LogP contribution in [0.15, 0.2) is 79.6 Å². The average Bonchev–Trinajstić information content (AvgIpc) is 2.69. The molecule has 0 saturated carbocycles. The largest absolute Gasteiger partial charge is 0.398 e. The molecule has 0 radical (unpaired) electrons. The molecule has 0 spiro atoms. The lowest BCUT2D eigenvalue weighted by Gasteiger charge is -2.12. The number of nitrogens with one attached hydrogen (secondary N) is 2. The number of hydrogen-bond acceptors (Lipinski definition) is 4. The van der Waals surface area contributed by atoms with E-state index in [-0.39, 0.29) is 11.5 Å². The molecule has 4 nitrogen and oxygen atoms in total. The molecular formula is C22H19FN4. The smallest absolute Gasteiger partial charge is 0.123 e. The predicted octanol–water partition coefficient (Wildman–Crippen LogP) is 4.97. The topological polar surface area (TPSA) is 74.8 Å². The molecule has 2 aromatic carbocycles. The van der Waals surface area contributed by atoms with Gasteiger partial charge in [-0.3, -0.25) is 4.98 Å². The van der Waals surface area contributed by atoms with Crippen molar-refractivity contribution in [2.24, 2.45) is 0 Å². The second-order valence-corrected chi connectivity index (χ2v) is 5.95. The normalized spacial score (nSPS) is 10.7. The number of halogens is 1. The van der Waals surface area contributed by atoms with Crippen LogP contribution in [0.4, 0.5) is 15.8 Å². The van der Waals surface area contributed by atoms with Crippen molar-refractivity contribution in [3.8, 4) is 0 Å². The third-order valence-corrected chi connectivity index (χ3v) is 3.96. The van der Waals surface area contributed by atoms with Crippen molar-refractivity contribution in [2.75, 3.05) is 11.1 Å². The van der Waals surface area contributed by atoms with Crippen molar-refractivity contribution in [3.63, 3.8) is 0 Å². The maximum Gasteiger partial charge on any atom is 0.123 e. The zero-order valence-electron chi connectivity index (χ0n) is 14.6. The van der Waals surface area contributed by atoms with E-state index in [1.165, 1.54) is 12.1 Å². The summed E-state index contributed by atoms with van der Waals surface area (Å²) in [5.41, 5.74) is 10.5. The Labute approximate surface area is 157 Å². The molecule has 1 heterocycles. The summed E-state index contributed by atoms with van der Waals surface area (Å²) in [5, 5.41) is 11.5. The Morgan fingerprint density at radius 2 is 1.93 bits per heavy atom. The lowest BCUT2D eigenvalue weighted by Crippen LogP contribution is -2.04. The van der Waals surface area contributed by atoms with Crippen LogP contribution in [-0.2, 0) is 0 Å². The fourth-order valence-electron chi connectivity index (χ4n) is 2.50. The lowest BCUT2D eigenvalue weighted by molar-refractivity contribution is 0.628. The predicted molar refractivity (Wildman–Crippen MR) is 110 cm³/mol. The summed E-state index contributed by atoms with van der Waals surface area (Å²) in [5.74, 6) is -0.293. The summed E-state index contributed by atoms with van der Waals surface area (Å²) in [6.45, 7) is 4.02. The van der Waals surface area contributed by atoms with E-state index < -0.39 is 0 Å². The van der Waals surface area contributed by atoms with Crippen LogP contribution < -0.4 is 11.1 Å². The summed E-state index contributed by atoms with van der Waals surface area (Å²) in [7, 11) is 0. The van der Waals surface area contributed by atoms with Crippen molar-refractivity contribution in [1.82, 2.24) is 4.98 Å². The molecule has 0 bridgehead atoms. The van der Waals surface area contributed by atoms with E-state index in [4.69, 9.17) is 11.1 Å². The third kappa shape index (κ3) is 4.67. The van der Waals surface area contributed by atoms with Crippen LogP contribution in [0, 0.1) is 11.2 Å². The molecule has 5 heteroatoms. The number of rotatable bonds is 6. The first-order chi connectivity index (χ1) is 13.0.